The van der Waals surface area contributed by atoms with E-state index in [2.05, 4.69) is 4.72 Å². The summed E-state index contributed by atoms with van der Waals surface area (Å²) in [6.07, 6.45) is 1.45. The smallest absolute Gasteiger partial charge is 0.243 e. The fourth-order valence-corrected chi connectivity index (χ4v) is 2.86. The molecule has 1 aromatic carbocycles. The van der Waals surface area contributed by atoms with Crippen LogP contribution in [0.2, 0.25) is 0 Å². The fourth-order valence-electron chi connectivity index (χ4n) is 1.68. The van der Waals surface area contributed by atoms with Gasteiger partial charge in [0.2, 0.25) is 10.0 Å². The van der Waals surface area contributed by atoms with Crippen LogP contribution >= 0.6 is 0 Å². The summed E-state index contributed by atoms with van der Waals surface area (Å²) in [4.78, 5) is -0.545. The van der Waals surface area contributed by atoms with Gasteiger partial charge in [-0.05, 0) is 31.0 Å². The van der Waals surface area contributed by atoms with Gasteiger partial charge in [-0.2, -0.15) is 0 Å². The molecule has 19 heavy (non-hydrogen) atoms. The molecule has 0 heterocycles. The summed E-state index contributed by atoms with van der Waals surface area (Å²) in [5, 5.41) is 0. The number of rotatable bonds is 7. The summed E-state index contributed by atoms with van der Waals surface area (Å²) >= 11 is 0. The fraction of sp³-hybridized carbons (Fsp3) is 0.500. The van der Waals surface area contributed by atoms with E-state index in [9.17, 15) is 17.2 Å². The van der Waals surface area contributed by atoms with Crippen molar-refractivity contribution >= 4 is 10.0 Å². The van der Waals surface area contributed by atoms with Crippen molar-refractivity contribution in [2.75, 3.05) is 13.1 Å². The zero-order chi connectivity index (χ0) is 14.5. The number of nitrogens with two attached hydrogens (primary N) is 1. The van der Waals surface area contributed by atoms with Crippen molar-refractivity contribution in [3.8, 4) is 0 Å². The Labute approximate surface area is 112 Å². The molecular formula is C12H18F2N2O2S. The number of nitrogens with one attached hydrogen (secondary N) is 1. The van der Waals surface area contributed by atoms with E-state index in [1.165, 1.54) is 0 Å². The van der Waals surface area contributed by atoms with Crippen LogP contribution < -0.4 is 10.5 Å². The molecule has 0 saturated carbocycles. The first-order valence-electron chi connectivity index (χ1n) is 6.05. The van der Waals surface area contributed by atoms with Gasteiger partial charge in [0, 0.05) is 12.6 Å². The molecule has 0 aliphatic carbocycles. The van der Waals surface area contributed by atoms with Crippen molar-refractivity contribution in [3.05, 3.63) is 29.8 Å². The minimum atomic E-state index is -3.96. The van der Waals surface area contributed by atoms with Crippen molar-refractivity contribution in [1.29, 1.82) is 0 Å². The number of halogens is 2. The van der Waals surface area contributed by atoms with Crippen LogP contribution in [0.5, 0.6) is 0 Å². The van der Waals surface area contributed by atoms with Crippen molar-refractivity contribution in [2.24, 2.45) is 11.7 Å². The summed E-state index contributed by atoms with van der Waals surface area (Å²) in [6.45, 7) is 2.57. The summed E-state index contributed by atoms with van der Waals surface area (Å²) < 4.78 is 52.3. The second-order valence-corrected chi connectivity index (χ2v) is 6.01. The third-order valence-electron chi connectivity index (χ3n) is 2.90. The SMILES string of the molecule is CCC(CCN)CNS(=O)(=O)c1ccc(F)cc1F. The Morgan fingerprint density at radius 2 is 2.05 bits per heavy atom. The quantitative estimate of drug-likeness (QED) is 0.802. The third kappa shape index (κ3) is 4.52. The van der Waals surface area contributed by atoms with Gasteiger partial charge in [0.25, 0.3) is 0 Å². The molecule has 1 rings (SSSR count). The lowest BCUT2D eigenvalue weighted by atomic mass is 10.0. The summed E-state index contributed by atoms with van der Waals surface area (Å²) in [6, 6.07) is 2.37. The Hall–Kier alpha value is -1.05. The van der Waals surface area contributed by atoms with E-state index in [1.807, 2.05) is 6.92 Å². The van der Waals surface area contributed by atoms with Crippen LogP contribution in [0, 0.1) is 17.6 Å². The Morgan fingerprint density at radius 3 is 2.58 bits per heavy atom. The first kappa shape index (κ1) is 16.0. The first-order chi connectivity index (χ1) is 8.90. The van der Waals surface area contributed by atoms with Crippen LogP contribution in [0.3, 0.4) is 0 Å². The lowest BCUT2D eigenvalue weighted by molar-refractivity contribution is 0.464. The molecule has 0 fully saturated rings. The largest absolute Gasteiger partial charge is 0.330 e. The second kappa shape index (κ2) is 6.93. The van der Waals surface area contributed by atoms with Crippen LogP contribution in [0.15, 0.2) is 23.1 Å². The molecule has 4 nitrogen and oxygen atoms in total. The predicted octanol–water partition coefficient (Wildman–Crippen LogP) is 1.62. The van der Waals surface area contributed by atoms with E-state index in [-0.39, 0.29) is 12.5 Å². The molecule has 0 saturated heterocycles. The Kier molecular flexibility index (Phi) is 5.84. The molecule has 0 radical (unpaired) electrons. The van der Waals surface area contributed by atoms with Crippen molar-refractivity contribution in [1.82, 2.24) is 4.72 Å². The third-order valence-corrected chi connectivity index (χ3v) is 4.35. The van der Waals surface area contributed by atoms with Gasteiger partial charge in [-0.25, -0.2) is 21.9 Å². The highest BCUT2D eigenvalue weighted by Gasteiger charge is 2.20. The van der Waals surface area contributed by atoms with Gasteiger partial charge in [0.1, 0.15) is 16.5 Å². The number of benzene rings is 1. The van der Waals surface area contributed by atoms with E-state index in [0.717, 1.165) is 18.6 Å². The average Bonchev–Trinajstić information content (AvgIpc) is 2.34. The highest BCUT2D eigenvalue weighted by atomic mass is 32.2. The molecule has 0 aliphatic heterocycles. The van der Waals surface area contributed by atoms with Gasteiger partial charge in [-0.15, -0.1) is 0 Å². The second-order valence-electron chi connectivity index (χ2n) is 4.28. The van der Waals surface area contributed by atoms with Gasteiger partial charge < -0.3 is 5.73 Å². The highest BCUT2D eigenvalue weighted by molar-refractivity contribution is 7.89. The molecule has 0 amide bonds. The molecule has 0 aliphatic rings. The molecule has 7 heteroatoms. The average molecular weight is 292 g/mol. The van der Waals surface area contributed by atoms with Crippen molar-refractivity contribution in [2.45, 2.75) is 24.7 Å². The normalized spacial score (nSPS) is 13.5. The Morgan fingerprint density at radius 1 is 1.37 bits per heavy atom. The molecule has 1 atom stereocenters. The highest BCUT2D eigenvalue weighted by Crippen LogP contribution is 2.16. The molecule has 108 valence electrons. The van der Waals surface area contributed by atoms with Gasteiger partial charge in [-0.1, -0.05) is 13.3 Å². The van der Waals surface area contributed by atoms with Crippen molar-refractivity contribution in [3.63, 3.8) is 0 Å². The van der Waals surface area contributed by atoms with Crippen LogP contribution in [-0.2, 0) is 10.0 Å². The topological polar surface area (TPSA) is 72.2 Å². The van der Waals surface area contributed by atoms with Crippen LogP contribution in [0.25, 0.3) is 0 Å². The summed E-state index contributed by atoms with van der Waals surface area (Å²) in [5.41, 5.74) is 5.42. The van der Waals surface area contributed by atoms with E-state index < -0.39 is 26.6 Å². The van der Waals surface area contributed by atoms with Crippen LogP contribution in [0.1, 0.15) is 19.8 Å². The van der Waals surface area contributed by atoms with E-state index >= 15 is 0 Å². The minimum absolute atomic E-state index is 0.100. The zero-order valence-corrected chi connectivity index (χ0v) is 11.5. The maximum Gasteiger partial charge on any atom is 0.243 e. The van der Waals surface area contributed by atoms with E-state index in [0.29, 0.717) is 19.0 Å². The maximum absolute atomic E-state index is 13.4. The van der Waals surface area contributed by atoms with Gasteiger partial charge in [-0.3, -0.25) is 0 Å². The van der Waals surface area contributed by atoms with Gasteiger partial charge in [0.15, 0.2) is 0 Å². The van der Waals surface area contributed by atoms with Crippen molar-refractivity contribution < 1.29 is 17.2 Å². The number of hydrogen-bond donors (Lipinski definition) is 2. The molecular weight excluding hydrogens is 274 g/mol. The lowest BCUT2D eigenvalue weighted by Gasteiger charge is -2.15. The Bertz CT molecular complexity index is 520. The van der Waals surface area contributed by atoms with Gasteiger partial charge in [0.05, 0.1) is 0 Å². The molecule has 3 N–H and O–H groups in total. The van der Waals surface area contributed by atoms with Crippen LogP contribution in [-0.4, -0.2) is 21.5 Å². The van der Waals surface area contributed by atoms with Gasteiger partial charge >= 0.3 is 0 Å². The number of sulfonamides is 1. The Balaban J connectivity index is 2.81. The minimum Gasteiger partial charge on any atom is -0.330 e. The molecule has 0 aromatic heterocycles. The maximum atomic E-state index is 13.4. The first-order valence-corrected chi connectivity index (χ1v) is 7.53. The summed E-state index contributed by atoms with van der Waals surface area (Å²) in [5.74, 6) is -1.81. The predicted molar refractivity (Wildman–Crippen MR) is 69.0 cm³/mol. The van der Waals surface area contributed by atoms with E-state index in [4.69, 9.17) is 5.73 Å². The van der Waals surface area contributed by atoms with E-state index in [1.54, 1.807) is 0 Å². The zero-order valence-electron chi connectivity index (χ0n) is 10.7. The monoisotopic (exact) mass is 292 g/mol. The summed E-state index contributed by atoms with van der Waals surface area (Å²) in [7, 11) is -3.96. The van der Waals surface area contributed by atoms with Crippen LogP contribution in [0.4, 0.5) is 8.78 Å². The molecule has 0 bridgehead atoms. The lowest BCUT2D eigenvalue weighted by Crippen LogP contribution is -2.30. The number of hydrogen-bond acceptors (Lipinski definition) is 3. The molecule has 1 aromatic rings. The molecule has 0 spiro atoms. The molecule has 1 unspecified atom stereocenters. The standard InChI is InChI=1S/C12H18F2N2O2S/c1-2-9(5-6-15)8-16-19(17,18)12-4-3-10(13)7-11(12)14/h3-4,7,9,16H,2,5-6,8,15H2,1H3.